The minimum Gasteiger partial charge on any atom is -0.310 e. The van der Waals surface area contributed by atoms with Crippen molar-refractivity contribution in [3.05, 3.63) is 138 Å². The van der Waals surface area contributed by atoms with Crippen LogP contribution >= 0.6 is 11.3 Å². The third-order valence-corrected chi connectivity index (χ3v) is 9.84. The second-order valence-electron chi connectivity index (χ2n) is 11.5. The lowest BCUT2D eigenvalue weighted by atomic mass is 9.81. The minimum atomic E-state index is -0.0919. The number of hydrogen-bond donors (Lipinski definition) is 0. The van der Waals surface area contributed by atoms with Gasteiger partial charge in [-0.05, 0) is 77.0 Å². The second kappa shape index (κ2) is 8.55. The Balaban J connectivity index is 1.45. The third-order valence-electron chi connectivity index (χ3n) is 8.69. The summed E-state index contributed by atoms with van der Waals surface area (Å²) in [6.07, 6.45) is 0. The van der Waals surface area contributed by atoms with Crippen LogP contribution in [0.3, 0.4) is 0 Å². The van der Waals surface area contributed by atoms with Crippen molar-refractivity contribution in [1.29, 1.82) is 0 Å². The molecule has 1 nitrogen and oxygen atoms in total. The molecule has 6 aromatic carbocycles. The van der Waals surface area contributed by atoms with E-state index in [0.717, 1.165) is 5.69 Å². The van der Waals surface area contributed by atoms with Crippen molar-refractivity contribution in [3.8, 4) is 11.1 Å². The van der Waals surface area contributed by atoms with E-state index >= 15 is 0 Å². The molecule has 1 aromatic heterocycles. The van der Waals surface area contributed by atoms with Crippen molar-refractivity contribution in [2.24, 2.45) is 0 Å². The first kappa shape index (κ1) is 23.5. The van der Waals surface area contributed by atoms with Gasteiger partial charge in [0.15, 0.2) is 0 Å². The summed E-state index contributed by atoms with van der Waals surface area (Å²) in [6, 6.07) is 44.9. The summed E-state index contributed by atoms with van der Waals surface area (Å²) in [7, 11) is 0. The zero-order chi connectivity index (χ0) is 27.0. The lowest BCUT2D eigenvalue weighted by Crippen LogP contribution is -2.17. The number of hydrogen-bond acceptors (Lipinski definition) is 2. The molecule has 0 spiro atoms. The molecule has 7 aromatic rings. The van der Waals surface area contributed by atoms with E-state index in [9.17, 15) is 0 Å². The molecular weight excluding hydrogens is 502 g/mol. The van der Waals surface area contributed by atoms with E-state index in [1.54, 1.807) is 0 Å². The van der Waals surface area contributed by atoms with Gasteiger partial charge in [0.25, 0.3) is 0 Å². The van der Waals surface area contributed by atoms with Crippen molar-refractivity contribution in [2.75, 3.05) is 4.90 Å². The SMILES string of the molecule is Cc1ccc2c(c1)C(C)(C)c1cc(N(c3ccccc3)c3ccc4sc5ccccc5c4c3)c3ccccc3c1-2. The van der Waals surface area contributed by atoms with Crippen LogP contribution in [0.4, 0.5) is 17.1 Å². The Morgan fingerprint density at radius 3 is 2.08 bits per heavy atom. The first-order chi connectivity index (χ1) is 19.5. The molecule has 0 unspecified atom stereocenters. The molecule has 0 N–H and O–H groups in total. The molecule has 0 atom stereocenters. The number of aryl methyl sites for hydroxylation is 1. The zero-order valence-electron chi connectivity index (χ0n) is 22.9. The normalized spacial score (nSPS) is 13.6. The average Bonchev–Trinajstić information content (AvgIpc) is 3.46. The summed E-state index contributed by atoms with van der Waals surface area (Å²) in [4.78, 5) is 2.46. The second-order valence-corrected chi connectivity index (χ2v) is 12.6. The predicted octanol–water partition coefficient (Wildman–Crippen LogP) is 11.3. The van der Waals surface area contributed by atoms with E-state index in [4.69, 9.17) is 0 Å². The van der Waals surface area contributed by atoms with Gasteiger partial charge in [-0.2, -0.15) is 0 Å². The maximum absolute atomic E-state index is 2.47. The van der Waals surface area contributed by atoms with Gasteiger partial charge >= 0.3 is 0 Å². The fraction of sp³-hybridized carbons (Fsp3) is 0.105. The van der Waals surface area contributed by atoms with Crippen LogP contribution in [0.2, 0.25) is 0 Å². The molecular formula is C38H29NS. The fourth-order valence-corrected chi connectivity index (χ4v) is 7.81. The van der Waals surface area contributed by atoms with Crippen LogP contribution in [0.15, 0.2) is 121 Å². The Labute approximate surface area is 239 Å². The Hall–Kier alpha value is -4.40. The number of fused-ring (bicyclic) bond motifs is 8. The Morgan fingerprint density at radius 2 is 1.25 bits per heavy atom. The molecule has 0 radical (unpaired) electrons. The highest BCUT2D eigenvalue weighted by Gasteiger charge is 2.37. The molecule has 2 heteroatoms. The molecule has 0 saturated heterocycles. The lowest BCUT2D eigenvalue weighted by molar-refractivity contribution is 0.660. The summed E-state index contributed by atoms with van der Waals surface area (Å²) in [5, 5.41) is 5.22. The van der Waals surface area contributed by atoms with Gasteiger partial charge in [-0.3, -0.25) is 0 Å². The van der Waals surface area contributed by atoms with Gasteiger partial charge in [0.2, 0.25) is 0 Å². The Kier molecular flexibility index (Phi) is 5.02. The Bertz CT molecular complexity index is 2100. The highest BCUT2D eigenvalue weighted by atomic mass is 32.1. The third kappa shape index (κ3) is 3.33. The van der Waals surface area contributed by atoms with Crippen LogP contribution in [0, 0.1) is 6.92 Å². The van der Waals surface area contributed by atoms with Gasteiger partial charge in [0, 0.05) is 42.3 Å². The standard InChI is InChI=1S/C38H29NS/c1-24-17-19-30-32(21-24)38(2,3)33-23-34(27-13-7-8-15-29(27)37(30)33)39(25-11-5-4-6-12-25)26-18-20-36-31(22-26)28-14-9-10-16-35(28)40-36/h4-23H,1-3H3. The van der Waals surface area contributed by atoms with Gasteiger partial charge in [-0.15, -0.1) is 11.3 Å². The smallest absolute Gasteiger partial charge is 0.0543 e. The van der Waals surface area contributed by atoms with Gasteiger partial charge in [0.1, 0.15) is 0 Å². The quantitative estimate of drug-likeness (QED) is 0.219. The number of para-hydroxylation sites is 1. The summed E-state index contributed by atoms with van der Waals surface area (Å²) >= 11 is 1.87. The molecule has 8 rings (SSSR count). The molecule has 40 heavy (non-hydrogen) atoms. The predicted molar refractivity (Wildman–Crippen MR) is 174 cm³/mol. The highest BCUT2D eigenvalue weighted by molar-refractivity contribution is 7.25. The summed E-state index contributed by atoms with van der Waals surface area (Å²) in [6.45, 7) is 6.96. The summed E-state index contributed by atoms with van der Waals surface area (Å²) in [5.74, 6) is 0. The highest BCUT2D eigenvalue weighted by Crippen LogP contribution is 2.54. The number of anilines is 3. The van der Waals surface area contributed by atoms with Gasteiger partial charge in [-0.25, -0.2) is 0 Å². The number of benzene rings is 6. The van der Waals surface area contributed by atoms with Crippen molar-refractivity contribution in [3.63, 3.8) is 0 Å². The average molecular weight is 532 g/mol. The van der Waals surface area contributed by atoms with E-state index in [-0.39, 0.29) is 5.41 Å². The van der Waals surface area contributed by atoms with E-state index < -0.39 is 0 Å². The molecule has 0 saturated carbocycles. The van der Waals surface area contributed by atoms with Crippen molar-refractivity contribution >= 4 is 59.3 Å². The number of thiophene rings is 1. The maximum Gasteiger partial charge on any atom is 0.0543 e. The molecule has 1 heterocycles. The molecule has 1 aliphatic carbocycles. The molecule has 192 valence electrons. The number of rotatable bonds is 3. The summed E-state index contributed by atoms with van der Waals surface area (Å²) in [5.41, 5.74) is 10.3. The van der Waals surface area contributed by atoms with Crippen LogP contribution in [0.25, 0.3) is 42.1 Å². The van der Waals surface area contributed by atoms with Gasteiger partial charge in [-0.1, -0.05) is 98.3 Å². The minimum absolute atomic E-state index is 0.0919. The van der Waals surface area contributed by atoms with Gasteiger partial charge in [0.05, 0.1) is 5.69 Å². The first-order valence-corrected chi connectivity index (χ1v) is 14.8. The maximum atomic E-state index is 2.47. The molecule has 0 bridgehead atoms. The monoisotopic (exact) mass is 531 g/mol. The van der Waals surface area contributed by atoms with E-state index in [2.05, 4.69) is 147 Å². The van der Waals surface area contributed by atoms with E-state index in [1.807, 2.05) is 11.3 Å². The Morgan fingerprint density at radius 1 is 0.550 bits per heavy atom. The van der Waals surface area contributed by atoms with Crippen LogP contribution in [0.1, 0.15) is 30.5 Å². The number of nitrogens with zero attached hydrogens (tertiary/aromatic N) is 1. The summed E-state index contributed by atoms with van der Waals surface area (Å²) < 4.78 is 2.66. The van der Waals surface area contributed by atoms with E-state index in [1.165, 1.54) is 70.1 Å². The van der Waals surface area contributed by atoms with Crippen LogP contribution < -0.4 is 4.90 Å². The lowest BCUT2D eigenvalue weighted by Gasteiger charge is -2.30. The van der Waals surface area contributed by atoms with Crippen molar-refractivity contribution in [2.45, 2.75) is 26.2 Å². The van der Waals surface area contributed by atoms with Gasteiger partial charge < -0.3 is 4.90 Å². The van der Waals surface area contributed by atoms with Crippen LogP contribution in [-0.2, 0) is 5.41 Å². The largest absolute Gasteiger partial charge is 0.310 e. The topological polar surface area (TPSA) is 3.24 Å². The molecule has 0 amide bonds. The van der Waals surface area contributed by atoms with Crippen molar-refractivity contribution in [1.82, 2.24) is 0 Å². The molecule has 0 aliphatic heterocycles. The molecule has 0 fully saturated rings. The van der Waals surface area contributed by atoms with Crippen molar-refractivity contribution < 1.29 is 0 Å². The van der Waals surface area contributed by atoms with Crippen LogP contribution in [0.5, 0.6) is 0 Å². The van der Waals surface area contributed by atoms with E-state index in [0.29, 0.717) is 0 Å². The van der Waals surface area contributed by atoms with Crippen LogP contribution in [-0.4, -0.2) is 0 Å². The zero-order valence-corrected chi connectivity index (χ0v) is 23.7. The fourth-order valence-electron chi connectivity index (χ4n) is 6.72. The first-order valence-electron chi connectivity index (χ1n) is 13.9. The molecule has 1 aliphatic rings.